The second-order valence-corrected chi connectivity index (χ2v) is 11.7. The molecule has 0 spiro atoms. The standard InChI is InChI=1S/C18H30O2Si/c1-7-15(8-2)17-11-14(9-10-16(17)13-19)12-18(3,4)21(5,6)20/h9-11,13,15,20H,7-8,12H2,1-6H3. The molecule has 0 aliphatic rings. The monoisotopic (exact) mass is 306 g/mol. The van der Waals surface area contributed by atoms with Gasteiger partial charge >= 0.3 is 0 Å². The van der Waals surface area contributed by atoms with Gasteiger partial charge in [-0.25, -0.2) is 0 Å². The van der Waals surface area contributed by atoms with Crippen molar-refractivity contribution in [3.63, 3.8) is 0 Å². The lowest BCUT2D eigenvalue weighted by Gasteiger charge is -2.35. The Kier molecular flexibility index (Phi) is 5.94. The van der Waals surface area contributed by atoms with Gasteiger partial charge in [0.15, 0.2) is 8.32 Å². The fourth-order valence-corrected chi connectivity index (χ4v) is 3.29. The van der Waals surface area contributed by atoms with Crippen LogP contribution in [0.4, 0.5) is 0 Å². The van der Waals surface area contributed by atoms with Crippen LogP contribution >= 0.6 is 0 Å². The minimum Gasteiger partial charge on any atom is -0.432 e. The second-order valence-electron chi connectivity index (χ2n) is 7.21. The van der Waals surface area contributed by atoms with E-state index in [-0.39, 0.29) is 5.04 Å². The fraction of sp³-hybridized carbons (Fsp3) is 0.611. The van der Waals surface area contributed by atoms with Crippen LogP contribution in [0.25, 0.3) is 0 Å². The van der Waals surface area contributed by atoms with Crippen LogP contribution in [0.1, 0.15) is 67.9 Å². The van der Waals surface area contributed by atoms with Crippen LogP contribution in [-0.2, 0) is 6.42 Å². The van der Waals surface area contributed by atoms with Crippen LogP contribution in [0.5, 0.6) is 0 Å². The van der Waals surface area contributed by atoms with Crippen LogP contribution in [0.2, 0.25) is 18.1 Å². The van der Waals surface area contributed by atoms with Crippen LogP contribution in [0, 0.1) is 0 Å². The highest BCUT2D eigenvalue weighted by molar-refractivity contribution is 6.72. The van der Waals surface area contributed by atoms with Crippen molar-refractivity contribution < 1.29 is 9.59 Å². The van der Waals surface area contributed by atoms with E-state index in [2.05, 4.69) is 33.8 Å². The molecule has 118 valence electrons. The van der Waals surface area contributed by atoms with Gasteiger partial charge in [0, 0.05) is 5.56 Å². The normalized spacial score (nSPS) is 12.8. The van der Waals surface area contributed by atoms with Gasteiger partial charge in [-0.3, -0.25) is 4.79 Å². The van der Waals surface area contributed by atoms with Crippen LogP contribution < -0.4 is 0 Å². The van der Waals surface area contributed by atoms with Gasteiger partial charge in [-0.05, 0) is 54.4 Å². The molecular weight excluding hydrogens is 276 g/mol. The number of hydrogen-bond acceptors (Lipinski definition) is 2. The largest absolute Gasteiger partial charge is 0.432 e. The van der Waals surface area contributed by atoms with Crippen molar-refractivity contribution in [2.24, 2.45) is 0 Å². The first-order chi connectivity index (χ1) is 9.66. The van der Waals surface area contributed by atoms with E-state index in [1.165, 1.54) is 11.1 Å². The Bertz CT molecular complexity index is 482. The lowest BCUT2D eigenvalue weighted by molar-refractivity contribution is 0.112. The van der Waals surface area contributed by atoms with Gasteiger partial charge in [-0.2, -0.15) is 0 Å². The average molecular weight is 307 g/mol. The molecule has 0 aliphatic carbocycles. The van der Waals surface area contributed by atoms with Gasteiger partial charge < -0.3 is 4.80 Å². The zero-order chi connectivity index (χ0) is 16.3. The number of carbonyl (C=O) groups is 1. The Balaban J connectivity index is 3.17. The topological polar surface area (TPSA) is 37.3 Å². The summed E-state index contributed by atoms with van der Waals surface area (Å²) >= 11 is 0. The number of aldehydes is 1. The Morgan fingerprint density at radius 3 is 2.24 bits per heavy atom. The first-order valence-corrected chi connectivity index (χ1v) is 10.9. The molecule has 0 aromatic heterocycles. The van der Waals surface area contributed by atoms with Gasteiger partial charge in [-0.15, -0.1) is 0 Å². The maximum Gasteiger partial charge on any atom is 0.188 e. The SMILES string of the molecule is CCC(CC)c1cc(CC(C)(C)[Si](C)(C)O)ccc1C=O. The predicted octanol–water partition coefficient (Wildman–Crippen LogP) is 4.92. The summed E-state index contributed by atoms with van der Waals surface area (Å²) in [6, 6.07) is 6.17. The minimum absolute atomic E-state index is 0.0824. The highest BCUT2D eigenvalue weighted by atomic mass is 28.4. The Morgan fingerprint density at radius 2 is 1.81 bits per heavy atom. The third kappa shape index (κ3) is 4.27. The van der Waals surface area contributed by atoms with Crippen molar-refractivity contribution in [1.29, 1.82) is 0 Å². The van der Waals surface area contributed by atoms with E-state index >= 15 is 0 Å². The number of hydrogen-bond donors (Lipinski definition) is 1. The summed E-state index contributed by atoms with van der Waals surface area (Å²) in [7, 11) is -2.22. The van der Waals surface area contributed by atoms with Crippen molar-refractivity contribution in [1.82, 2.24) is 0 Å². The molecule has 0 saturated carbocycles. The van der Waals surface area contributed by atoms with Crippen LogP contribution in [-0.4, -0.2) is 19.4 Å². The molecule has 0 aliphatic heterocycles. The first kappa shape index (κ1) is 18.1. The van der Waals surface area contributed by atoms with Crippen molar-refractivity contribution >= 4 is 14.6 Å². The molecule has 0 radical (unpaired) electrons. The summed E-state index contributed by atoms with van der Waals surface area (Å²) in [5.74, 6) is 0.438. The maximum absolute atomic E-state index is 11.3. The molecule has 21 heavy (non-hydrogen) atoms. The van der Waals surface area contributed by atoms with Crippen molar-refractivity contribution in [2.75, 3.05) is 0 Å². The number of rotatable bonds is 7. The number of benzene rings is 1. The molecule has 0 unspecified atom stereocenters. The van der Waals surface area contributed by atoms with E-state index in [4.69, 9.17) is 0 Å². The van der Waals surface area contributed by atoms with Crippen molar-refractivity contribution in [3.8, 4) is 0 Å². The van der Waals surface area contributed by atoms with Gasteiger partial charge in [0.1, 0.15) is 6.29 Å². The second kappa shape index (κ2) is 6.88. The molecule has 0 atom stereocenters. The Morgan fingerprint density at radius 1 is 1.24 bits per heavy atom. The van der Waals surface area contributed by atoms with Gasteiger partial charge in [0.2, 0.25) is 0 Å². The summed E-state index contributed by atoms with van der Waals surface area (Å²) in [6.07, 6.45) is 3.91. The summed E-state index contributed by atoms with van der Waals surface area (Å²) in [4.78, 5) is 21.7. The molecule has 0 saturated heterocycles. The molecule has 0 amide bonds. The van der Waals surface area contributed by atoms with Gasteiger partial charge in [-0.1, -0.05) is 45.9 Å². The summed E-state index contributed by atoms with van der Waals surface area (Å²) in [6.45, 7) is 12.6. The highest BCUT2D eigenvalue weighted by Crippen LogP contribution is 2.39. The van der Waals surface area contributed by atoms with E-state index in [0.29, 0.717) is 5.92 Å². The third-order valence-electron chi connectivity index (χ3n) is 5.01. The van der Waals surface area contributed by atoms with Gasteiger partial charge in [0.25, 0.3) is 0 Å². The maximum atomic E-state index is 11.3. The molecule has 0 heterocycles. The van der Waals surface area contributed by atoms with Crippen LogP contribution in [0.15, 0.2) is 18.2 Å². The van der Waals surface area contributed by atoms with E-state index < -0.39 is 8.32 Å². The quantitative estimate of drug-likeness (QED) is 0.573. The van der Waals surface area contributed by atoms with Crippen molar-refractivity contribution in [2.45, 2.75) is 71.0 Å². The molecular formula is C18H30O2Si. The van der Waals surface area contributed by atoms with E-state index in [1.54, 1.807) is 0 Å². The molecule has 0 bridgehead atoms. The fourth-order valence-electron chi connectivity index (χ4n) is 2.65. The zero-order valence-electron chi connectivity index (χ0n) is 14.4. The Hall–Kier alpha value is -0.933. The molecule has 1 rings (SSSR count). The lowest BCUT2D eigenvalue weighted by Crippen LogP contribution is -2.40. The van der Waals surface area contributed by atoms with E-state index in [1.807, 2.05) is 25.2 Å². The van der Waals surface area contributed by atoms with E-state index in [9.17, 15) is 9.59 Å². The Labute approximate surface area is 130 Å². The van der Waals surface area contributed by atoms with Crippen molar-refractivity contribution in [3.05, 3.63) is 34.9 Å². The molecule has 1 aromatic rings. The smallest absolute Gasteiger partial charge is 0.188 e. The molecule has 1 aromatic carbocycles. The average Bonchev–Trinajstić information content (AvgIpc) is 2.39. The van der Waals surface area contributed by atoms with E-state index in [0.717, 1.165) is 31.1 Å². The summed E-state index contributed by atoms with van der Waals surface area (Å²) in [5.41, 5.74) is 3.20. The molecule has 3 heteroatoms. The first-order valence-electron chi connectivity index (χ1n) is 7.96. The zero-order valence-corrected chi connectivity index (χ0v) is 15.4. The summed E-state index contributed by atoms with van der Waals surface area (Å²) < 4.78 is 0. The highest BCUT2D eigenvalue weighted by Gasteiger charge is 2.38. The summed E-state index contributed by atoms with van der Waals surface area (Å²) in [5, 5.41) is -0.0824. The minimum atomic E-state index is -2.22. The molecule has 1 N–H and O–H groups in total. The molecule has 0 fully saturated rings. The predicted molar refractivity (Wildman–Crippen MR) is 92.6 cm³/mol. The van der Waals surface area contributed by atoms with Gasteiger partial charge in [0.05, 0.1) is 0 Å². The number of carbonyl (C=O) groups excluding carboxylic acids is 1. The lowest BCUT2D eigenvalue weighted by atomic mass is 9.87. The van der Waals surface area contributed by atoms with Crippen LogP contribution in [0.3, 0.4) is 0 Å². The third-order valence-corrected chi connectivity index (χ3v) is 8.50. The molecule has 2 nitrogen and oxygen atoms in total.